The summed E-state index contributed by atoms with van der Waals surface area (Å²) in [5.74, 6) is 3.74. The number of nitrogens with zero attached hydrogens (tertiary/aromatic N) is 1. The van der Waals surface area contributed by atoms with Gasteiger partial charge in [0.25, 0.3) is 0 Å². The summed E-state index contributed by atoms with van der Waals surface area (Å²) in [5.41, 5.74) is 0.403. The molecule has 17 heavy (non-hydrogen) atoms. The highest BCUT2D eigenvalue weighted by molar-refractivity contribution is 5.89. The molecule has 1 aromatic carbocycles. The topological polar surface area (TPSA) is 79.6 Å². The van der Waals surface area contributed by atoms with E-state index in [1.807, 2.05) is 6.07 Å². The van der Waals surface area contributed by atoms with Gasteiger partial charge in [0.05, 0.1) is 31.4 Å². The third-order valence-corrected chi connectivity index (χ3v) is 1.91. The molecule has 0 aliphatic rings. The van der Waals surface area contributed by atoms with Crippen molar-refractivity contribution in [3.63, 3.8) is 0 Å². The van der Waals surface area contributed by atoms with Crippen molar-refractivity contribution in [1.29, 1.82) is 5.26 Å². The number of ether oxygens (including phenoxy) is 2. The average Bonchev–Trinajstić information content (AvgIpc) is 2.37. The predicted molar refractivity (Wildman–Crippen MR) is 58.3 cm³/mol. The Morgan fingerprint density at radius 3 is 2.65 bits per heavy atom. The number of aromatic hydroxyl groups is 1. The van der Waals surface area contributed by atoms with E-state index in [4.69, 9.17) is 10.00 Å². The normalized spacial score (nSPS) is 8.53. The van der Waals surface area contributed by atoms with Crippen LogP contribution in [-0.4, -0.2) is 25.3 Å². The lowest BCUT2D eigenvalue weighted by Crippen LogP contribution is -1.95. The number of methoxy groups -OCH3 is 2. The average molecular weight is 231 g/mol. The third-order valence-electron chi connectivity index (χ3n) is 1.91. The minimum Gasteiger partial charge on any atom is -0.503 e. The molecule has 0 saturated carbocycles. The number of benzene rings is 1. The van der Waals surface area contributed by atoms with Crippen LogP contribution in [0.4, 0.5) is 0 Å². The predicted octanol–water partition coefficient (Wildman–Crippen LogP) is 0.797. The Balaban J connectivity index is 3.27. The van der Waals surface area contributed by atoms with Gasteiger partial charge < -0.3 is 14.6 Å². The van der Waals surface area contributed by atoms with Crippen LogP contribution in [0.2, 0.25) is 0 Å². The minimum absolute atomic E-state index is 0.123. The van der Waals surface area contributed by atoms with Crippen LogP contribution < -0.4 is 4.74 Å². The number of phenolic OH excluding ortho intramolecular Hbond substituents is 1. The molecular weight excluding hydrogens is 222 g/mol. The van der Waals surface area contributed by atoms with Gasteiger partial charge in [-0.1, -0.05) is 5.92 Å². The van der Waals surface area contributed by atoms with Crippen LogP contribution >= 0.6 is 0 Å². The lowest BCUT2D eigenvalue weighted by Gasteiger charge is -2.05. The summed E-state index contributed by atoms with van der Waals surface area (Å²) in [6.07, 6.45) is 0. The van der Waals surface area contributed by atoms with Gasteiger partial charge in [-0.3, -0.25) is 0 Å². The van der Waals surface area contributed by atoms with Crippen LogP contribution in [0.25, 0.3) is 0 Å². The van der Waals surface area contributed by atoms with Gasteiger partial charge in [-0.15, -0.1) is 0 Å². The molecule has 0 unspecified atom stereocenters. The zero-order valence-electron chi connectivity index (χ0n) is 9.27. The zero-order valence-corrected chi connectivity index (χ0v) is 9.27. The lowest BCUT2D eigenvalue weighted by molar-refractivity contribution is -0.133. The first-order chi connectivity index (χ1) is 8.12. The Kier molecular flexibility index (Phi) is 3.96. The van der Waals surface area contributed by atoms with E-state index in [0.29, 0.717) is 0 Å². The highest BCUT2D eigenvalue weighted by Crippen LogP contribution is 2.30. The van der Waals surface area contributed by atoms with Gasteiger partial charge in [0.15, 0.2) is 11.5 Å². The van der Waals surface area contributed by atoms with E-state index in [9.17, 15) is 9.90 Å². The van der Waals surface area contributed by atoms with Crippen LogP contribution in [0.1, 0.15) is 11.1 Å². The van der Waals surface area contributed by atoms with Crippen molar-refractivity contribution >= 4 is 5.97 Å². The number of esters is 1. The van der Waals surface area contributed by atoms with Gasteiger partial charge in [-0.2, -0.15) is 5.26 Å². The summed E-state index contributed by atoms with van der Waals surface area (Å²) >= 11 is 0. The van der Waals surface area contributed by atoms with Crippen LogP contribution in [-0.2, 0) is 9.53 Å². The highest BCUT2D eigenvalue weighted by atomic mass is 16.5. The van der Waals surface area contributed by atoms with Crippen LogP contribution in [0.15, 0.2) is 12.1 Å². The lowest BCUT2D eigenvalue weighted by atomic mass is 10.1. The standard InChI is InChI=1S/C12H9NO4/c1-16-10-6-8(7-13)5-9(12(10)15)3-4-11(14)17-2/h5-6,15H,1-2H3. The largest absolute Gasteiger partial charge is 0.503 e. The number of hydrogen-bond acceptors (Lipinski definition) is 5. The molecule has 0 bridgehead atoms. The van der Waals surface area contributed by atoms with Gasteiger partial charge in [0.1, 0.15) is 0 Å². The van der Waals surface area contributed by atoms with Gasteiger partial charge in [-0.25, -0.2) is 4.79 Å². The maximum atomic E-state index is 10.8. The second-order valence-corrected chi connectivity index (χ2v) is 2.93. The fourth-order valence-corrected chi connectivity index (χ4v) is 1.09. The van der Waals surface area contributed by atoms with Crippen LogP contribution in [0.3, 0.4) is 0 Å². The molecule has 1 aromatic rings. The van der Waals surface area contributed by atoms with Crippen LogP contribution in [0, 0.1) is 23.2 Å². The summed E-state index contributed by atoms with van der Waals surface area (Å²) in [6.45, 7) is 0. The van der Waals surface area contributed by atoms with Gasteiger partial charge in [0.2, 0.25) is 0 Å². The summed E-state index contributed by atoms with van der Waals surface area (Å²) in [7, 11) is 2.55. The molecule has 0 saturated heterocycles. The Labute approximate surface area is 98.2 Å². The van der Waals surface area contributed by atoms with E-state index in [1.54, 1.807) is 0 Å². The molecule has 0 radical (unpaired) electrons. The molecule has 0 heterocycles. The van der Waals surface area contributed by atoms with Gasteiger partial charge in [0, 0.05) is 12.0 Å². The van der Waals surface area contributed by atoms with E-state index < -0.39 is 5.97 Å². The number of hydrogen-bond donors (Lipinski definition) is 1. The number of nitriles is 1. The monoisotopic (exact) mass is 231 g/mol. The molecular formula is C12H9NO4. The van der Waals surface area contributed by atoms with Crippen molar-refractivity contribution in [2.75, 3.05) is 14.2 Å². The molecule has 0 amide bonds. The maximum absolute atomic E-state index is 10.8. The van der Waals surface area contributed by atoms with Crippen molar-refractivity contribution in [1.82, 2.24) is 0 Å². The maximum Gasteiger partial charge on any atom is 0.384 e. The van der Waals surface area contributed by atoms with Crippen molar-refractivity contribution in [2.45, 2.75) is 0 Å². The van der Waals surface area contributed by atoms with Crippen LogP contribution in [0.5, 0.6) is 11.5 Å². The molecule has 0 spiro atoms. The summed E-state index contributed by atoms with van der Waals surface area (Å²) < 4.78 is 9.21. The molecule has 0 fully saturated rings. The number of rotatable bonds is 1. The fourth-order valence-electron chi connectivity index (χ4n) is 1.09. The van der Waals surface area contributed by atoms with E-state index in [2.05, 4.69) is 16.6 Å². The number of phenols is 1. The Hall–Kier alpha value is -2.66. The van der Waals surface area contributed by atoms with Gasteiger partial charge in [-0.05, 0) is 6.07 Å². The second kappa shape index (κ2) is 5.43. The smallest absolute Gasteiger partial charge is 0.384 e. The minimum atomic E-state index is -0.731. The summed E-state index contributed by atoms with van der Waals surface area (Å²) in [4.78, 5) is 10.8. The Morgan fingerprint density at radius 1 is 1.41 bits per heavy atom. The first-order valence-corrected chi connectivity index (χ1v) is 4.53. The quantitative estimate of drug-likeness (QED) is 0.571. The van der Waals surface area contributed by atoms with Gasteiger partial charge >= 0.3 is 5.97 Å². The molecule has 0 aliphatic carbocycles. The Morgan fingerprint density at radius 2 is 2.12 bits per heavy atom. The highest BCUT2D eigenvalue weighted by Gasteiger charge is 2.09. The van der Waals surface area contributed by atoms with E-state index in [0.717, 1.165) is 0 Å². The second-order valence-electron chi connectivity index (χ2n) is 2.93. The van der Waals surface area contributed by atoms with E-state index >= 15 is 0 Å². The SMILES string of the molecule is COC(=O)C#Cc1cc(C#N)cc(OC)c1O. The molecule has 0 aromatic heterocycles. The fraction of sp³-hybridized carbons (Fsp3) is 0.167. The molecule has 5 nitrogen and oxygen atoms in total. The van der Waals surface area contributed by atoms with Crippen molar-refractivity contribution < 1.29 is 19.4 Å². The molecule has 1 N–H and O–H groups in total. The van der Waals surface area contributed by atoms with Crippen molar-refractivity contribution in [3.05, 3.63) is 23.3 Å². The van der Waals surface area contributed by atoms with Crippen molar-refractivity contribution in [3.8, 4) is 29.4 Å². The molecule has 1 rings (SSSR count). The molecule has 0 aliphatic heterocycles. The zero-order chi connectivity index (χ0) is 12.8. The summed E-state index contributed by atoms with van der Waals surface area (Å²) in [6, 6.07) is 4.62. The molecule has 86 valence electrons. The summed E-state index contributed by atoms with van der Waals surface area (Å²) in [5, 5.41) is 18.5. The molecule has 5 heteroatoms. The van der Waals surface area contributed by atoms with Crippen molar-refractivity contribution in [2.24, 2.45) is 0 Å². The first kappa shape index (κ1) is 12.4. The van der Waals surface area contributed by atoms with E-state index in [1.165, 1.54) is 26.4 Å². The Bertz CT molecular complexity index is 546. The number of carbonyl (C=O) groups is 1. The number of carbonyl (C=O) groups excluding carboxylic acids is 1. The third kappa shape index (κ3) is 2.90. The van der Waals surface area contributed by atoms with E-state index in [-0.39, 0.29) is 22.6 Å². The molecule has 0 atom stereocenters. The first-order valence-electron chi connectivity index (χ1n) is 4.53.